The number of carbonyl (C=O) groups is 3. The number of likely N-dealkylation sites (tertiary alicyclic amines) is 1. The molecule has 0 bridgehead atoms. The quantitative estimate of drug-likeness (QED) is 0.449. The standard InChI is InChI=1S/C30H36Cl2N4O7/c1-19-24(27(38)39)25(26-22(31)6-5-7-23(26)32)21(18-35(19)16-17-37)28(40)43-36-14-12-33(13-15-36)20-8-10-34(11-9-20)29(41)42-30(2,3)4/h5-7,16,18,20,25H,8-15H2,1-4H3,(H,38,39). The zero-order valence-electron chi connectivity index (χ0n) is 24.6. The molecule has 1 atom stereocenters. The van der Waals surface area contributed by atoms with Crippen molar-refractivity contribution in [1.82, 2.24) is 19.8 Å². The van der Waals surface area contributed by atoms with E-state index >= 15 is 0 Å². The molecule has 11 nitrogen and oxygen atoms in total. The van der Waals surface area contributed by atoms with Crippen molar-refractivity contribution in [3.63, 3.8) is 0 Å². The molecule has 2 fully saturated rings. The van der Waals surface area contributed by atoms with E-state index in [0.29, 0.717) is 45.3 Å². The van der Waals surface area contributed by atoms with Crippen molar-refractivity contribution in [3.8, 4) is 0 Å². The minimum absolute atomic E-state index is 0.0403. The van der Waals surface area contributed by atoms with Crippen molar-refractivity contribution in [2.45, 2.75) is 58.1 Å². The number of piperidine rings is 1. The molecule has 0 saturated carbocycles. The molecule has 13 heteroatoms. The lowest BCUT2D eigenvalue weighted by Crippen LogP contribution is -2.54. The van der Waals surface area contributed by atoms with Gasteiger partial charge in [0.15, 0.2) is 0 Å². The van der Waals surface area contributed by atoms with Crippen LogP contribution < -0.4 is 0 Å². The first-order chi connectivity index (χ1) is 20.3. The lowest BCUT2D eigenvalue weighted by molar-refractivity contribution is -0.194. The van der Waals surface area contributed by atoms with Crippen LogP contribution in [0.1, 0.15) is 52.0 Å². The summed E-state index contributed by atoms with van der Waals surface area (Å²) in [5.41, 5.74) is -0.286. The van der Waals surface area contributed by atoms with E-state index in [2.05, 4.69) is 4.90 Å². The van der Waals surface area contributed by atoms with Crippen LogP contribution in [0, 0.1) is 0 Å². The highest BCUT2D eigenvalue weighted by molar-refractivity contribution is 6.36. The summed E-state index contributed by atoms with van der Waals surface area (Å²) < 4.78 is 5.49. The van der Waals surface area contributed by atoms with Crippen LogP contribution in [0.3, 0.4) is 0 Å². The first-order valence-electron chi connectivity index (χ1n) is 14.1. The Morgan fingerprint density at radius 1 is 1.02 bits per heavy atom. The molecule has 1 aromatic rings. The highest BCUT2D eigenvalue weighted by Crippen LogP contribution is 2.45. The number of carbonyl (C=O) groups excluding carboxylic acids is 3. The molecule has 0 aromatic heterocycles. The van der Waals surface area contributed by atoms with Crippen LogP contribution >= 0.6 is 23.2 Å². The fourth-order valence-electron chi connectivity index (χ4n) is 5.62. The van der Waals surface area contributed by atoms with Gasteiger partial charge in [0.25, 0.3) is 0 Å². The van der Waals surface area contributed by atoms with Gasteiger partial charge in [-0.15, -0.1) is 5.06 Å². The Hall–Kier alpha value is -3.34. The Morgan fingerprint density at radius 3 is 2.16 bits per heavy atom. The monoisotopic (exact) mass is 634 g/mol. The van der Waals surface area contributed by atoms with Crippen LogP contribution in [-0.2, 0) is 24.0 Å². The third kappa shape index (κ3) is 7.60. The first-order valence-corrected chi connectivity index (χ1v) is 14.8. The lowest BCUT2D eigenvalue weighted by Gasteiger charge is -2.42. The largest absolute Gasteiger partial charge is 0.478 e. The zero-order chi connectivity index (χ0) is 31.5. The van der Waals surface area contributed by atoms with Crippen molar-refractivity contribution >= 4 is 47.2 Å². The summed E-state index contributed by atoms with van der Waals surface area (Å²) >= 11 is 13.0. The van der Waals surface area contributed by atoms with Gasteiger partial charge in [-0.3, -0.25) is 4.90 Å². The van der Waals surface area contributed by atoms with E-state index in [-0.39, 0.29) is 38.5 Å². The molecule has 0 aliphatic carbocycles. The van der Waals surface area contributed by atoms with Crippen LogP contribution in [0.4, 0.5) is 4.79 Å². The van der Waals surface area contributed by atoms with Crippen molar-refractivity contribution in [1.29, 1.82) is 0 Å². The molecule has 0 spiro atoms. The van der Waals surface area contributed by atoms with Crippen molar-refractivity contribution in [2.75, 3.05) is 39.3 Å². The van der Waals surface area contributed by atoms with Gasteiger partial charge in [0.2, 0.25) is 0 Å². The second kappa shape index (κ2) is 13.5. The van der Waals surface area contributed by atoms with Crippen LogP contribution in [0.15, 0.2) is 47.4 Å². The third-order valence-corrected chi connectivity index (χ3v) is 8.38. The summed E-state index contributed by atoms with van der Waals surface area (Å²) in [4.78, 5) is 60.8. The van der Waals surface area contributed by atoms with Crippen LogP contribution in [0.2, 0.25) is 10.0 Å². The smallest absolute Gasteiger partial charge is 0.410 e. The molecular formula is C30H36Cl2N4O7. The summed E-state index contributed by atoms with van der Waals surface area (Å²) in [6.45, 7) is 10.4. The van der Waals surface area contributed by atoms with E-state index in [4.69, 9.17) is 32.8 Å². The number of carboxylic acid groups (broad SMARTS) is 1. The van der Waals surface area contributed by atoms with Crippen molar-refractivity contribution in [3.05, 3.63) is 63.1 Å². The average molecular weight is 636 g/mol. The van der Waals surface area contributed by atoms with Crippen LogP contribution in [0.5, 0.6) is 0 Å². The van der Waals surface area contributed by atoms with Gasteiger partial charge in [-0.05, 0) is 52.7 Å². The molecule has 1 amide bonds. The topological polar surface area (TPSA) is 120 Å². The number of rotatable bonds is 6. The van der Waals surface area contributed by atoms with Gasteiger partial charge in [-0.2, -0.15) is 0 Å². The Morgan fingerprint density at radius 2 is 1.63 bits per heavy atom. The molecule has 43 heavy (non-hydrogen) atoms. The third-order valence-electron chi connectivity index (χ3n) is 7.72. The number of hydroxylamine groups is 2. The number of nitrogens with zero attached hydrogens (tertiary/aromatic N) is 4. The van der Waals surface area contributed by atoms with Crippen molar-refractivity contribution in [2.24, 2.45) is 0 Å². The summed E-state index contributed by atoms with van der Waals surface area (Å²) in [7, 11) is 0. The Balaban J connectivity index is 1.45. The van der Waals surface area contributed by atoms with Crippen LogP contribution in [0.25, 0.3) is 0 Å². The second-order valence-corrected chi connectivity index (χ2v) is 12.5. The molecule has 1 N–H and O–H groups in total. The molecule has 3 aliphatic heterocycles. The fraction of sp³-hybridized carbons (Fsp3) is 0.500. The molecule has 4 rings (SSSR count). The summed E-state index contributed by atoms with van der Waals surface area (Å²) in [6.07, 6.45) is 3.69. The molecule has 0 radical (unpaired) electrons. The van der Waals surface area contributed by atoms with E-state index < -0.39 is 23.5 Å². The van der Waals surface area contributed by atoms with Gasteiger partial charge in [0.05, 0.1) is 23.3 Å². The number of aliphatic carboxylic acids is 1. The summed E-state index contributed by atoms with van der Waals surface area (Å²) in [5, 5.41) is 12.1. The van der Waals surface area contributed by atoms with E-state index in [0.717, 1.165) is 19.0 Å². The lowest BCUT2D eigenvalue weighted by atomic mass is 9.81. The predicted octanol–water partition coefficient (Wildman–Crippen LogP) is 4.46. The number of allylic oxidation sites excluding steroid dienone is 1. The van der Waals surface area contributed by atoms with E-state index in [1.807, 2.05) is 20.8 Å². The Kier molecular flexibility index (Phi) is 10.2. The zero-order valence-corrected chi connectivity index (χ0v) is 26.2. The Labute approximate surface area is 260 Å². The maximum Gasteiger partial charge on any atom is 0.410 e. The SMILES string of the molecule is CC1=C(C(=O)O)C(c2c(Cl)cccc2Cl)C(C(=O)ON2CCN(C3CCN(C(=O)OC(C)(C)C)CC3)CC2)=CN1C=C=O. The van der Waals surface area contributed by atoms with Gasteiger partial charge in [-0.1, -0.05) is 29.3 Å². The first kappa shape index (κ1) is 32.6. The fourth-order valence-corrected chi connectivity index (χ4v) is 6.24. The number of hydrogen-bond donors (Lipinski definition) is 1. The number of carboxylic acids is 1. The molecule has 1 unspecified atom stereocenters. The van der Waals surface area contributed by atoms with Gasteiger partial charge < -0.3 is 24.5 Å². The summed E-state index contributed by atoms with van der Waals surface area (Å²) in [6, 6.07) is 5.04. The number of hydrogen-bond acceptors (Lipinski definition) is 9. The number of amides is 1. The second-order valence-electron chi connectivity index (χ2n) is 11.7. The van der Waals surface area contributed by atoms with Gasteiger partial charge >= 0.3 is 18.0 Å². The average Bonchev–Trinajstić information content (AvgIpc) is 2.93. The molecule has 1 aromatic carbocycles. The predicted molar refractivity (Wildman–Crippen MR) is 160 cm³/mol. The van der Waals surface area contributed by atoms with E-state index in [9.17, 15) is 24.3 Å². The number of ether oxygens (including phenoxy) is 1. The molecule has 232 valence electrons. The maximum absolute atomic E-state index is 13.6. The van der Waals surface area contributed by atoms with E-state index in [1.54, 1.807) is 34.1 Å². The molecule has 3 heterocycles. The number of piperazine rings is 1. The highest BCUT2D eigenvalue weighted by atomic mass is 35.5. The van der Waals surface area contributed by atoms with Gasteiger partial charge in [-0.25, -0.2) is 19.2 Å². The van der Waals surface area contributed by atoms with E-state index in [1.165, 1.54) is 18.0 Å². The maximum atomic E-state index is 13.6. The minimum Gasteiger partial charge on any atom is -0.478 e. The summed E-state index contributed by atoms with van der Waals surface area (Å²) in [5.74, 6) is -1.59. The highest BCUT2D eigenvalue weighted by Gasteiger charge is 2.40. The molecule has 3 aliphatic rings. The number of halogens is 2. The van der Waals surface area contributed by atoms with Crippen LogP contribution in [-0.4, -0.2) is 99.8 Å². The van der Waals surface area contributed by atoms with Gasteiger partial charge in [0, 0.05) is 72.8 Å². The minimum atomic E-state index is -1.30. The molecular weight excluding hydrogens is 599 g/mol. The van der Waals surface area contributed by atoms with Crippen molar-refractivity contribution < 1.29 is 33.9 Å². The van der Waals surface area contributed by atoms with Gasteiger partial charge in [0.1, 0.15) is 11.5 Å². The normalized spacial score (nSPS) is 20.8. The number of benzene rings is 1. The molecule has 2 saturated heterocycles. The Bertz CT molecular complexity index is 1350.